The number of tetrazole rings is 1. The van der Waals surface area contributed by atoms with E-state index in [0.717, 1.165) is 0 Å². The molecule has 1 atom stereocenters. The molecular formula is C21H24F2N6. The monoisotopic (exact) mass is 398 g/mol. The molecule has 0 radical (unpaired) electrons. The van der Waals surface area contributed by atoms with Gasteiger partial charge < -0.3 is 4.90 Å². The van der Waals surface area contributed by atoms with Crippen molar-refractivity contribution in [3.05, 3.63) is 71.6 Å². The number of halogens is 2. The zero-order valence-corrected chi connectivity index (χ0v) is 16.5. The summed E-state index contributed by atoms with van der Waals surface area (Å²) < 4.78 is 30.7. The molecule has 2 heterocycles. The van der Waals surface area contributed by atoms with Gasteiger partial charge in [0.1, 0.15) is 17.7 Å². The number of piperazine rings is 1. The quantitative estimate of drug-likeness (QED) is 0.659. The minimum Gasteiger partial charge on any atom is -0.367 e. The molecule has 8 heteroatoms. The summed E-state index contributed by atoms with van der Waals surface area (Å²) in [7, 11) is 0. The van der Waals surface area contributed by atoms with E-state index in [4.69, 9.17) is 0 Å². The molecule has 152 valence electrons. The fraction of sp³-hybridized carbons (Fsp3) is 0.381. The number of hydrogen-bond donors (Lipinski definition) is 0. The number of anilines is 1. The highest BCUT2D eigenvalue weighted by Crippen LogP contribution is 2.32. The lowest BCUT2D eigenvalue weighted by atomic mass is 10.0. The van der Waals surface area contributed by atoms with Crippen LogP contribution in [0.4, 0.5) is 14.5 Å². The molecule has 29 heavy (non-hydrogen) atoms. The number of nitrogens with zero attached hydrogens (tertiary/aromatic N) is 6. The van der Waals surface area contributed by atoms with Crippen molar-refractivity contribution in [3.63, 3.8) is 0 Å². The average Bonchev–Trinajstić information content (AvgIpc) is 3.20. The van der Waals surface area contributed by atoms with Gasteiger partial charge in [0.2, 0.25) is 0 Å². The maximum Gasteiger partial charge on any atom is 0.173 e. The van der Waals surface area contributed by atoms with Crippen LogP contribution in [0.15, 0.2) is 48.5 Å². The van der Waals surface area contributed by atoms with Crippen molar-refractivity contribution in [1.82, 2.24) is 25.1 Å². The van der Waals surface area contributed by atoms with E-state index in [9.17, 15) is 8.78 Å². The van der Waals surface area contributed by atoms with E-state index in [2.05, 4.69) is 20.4 Å². The van der Waals surface area contributed by atoms with E-state index in [1.807, 2.05) is 30.9 Å². The Morgan fingerprint density at radius 3 is 2.17 bits per heavy atom. The summed E-state index contributed by atoms with van der Waals surface area (Å²) in [5.74, 6) is 0.104. The third-order valence-corrected chi connectivity index (χ3v) is 5.32. The van der Waals surface area contributed by atoms with Crippen LogP contribution < -0.4 is 4.90 Å². The van der Waals surface area contributed by atoms with E-state index in [1.54, 1.807) is 28.9 Å². The van der Waals surface area contributed by atoms with Crippen LogP contribution >= 0.6 is 0 Å². The van der Waals surface area contributed by atoms with Crippen LogP contribution in [0.5, 0.6) is 0 Å². The Labute approximate surface area is 168 Å². The predicted molar refractivity (Wildman–Crippen MR) is 107 cm³/mol. The maximum atomic E-state index is 14.7. The summed E-state index contributed by atoms with van der Waals surface area (Å²) in [4.78, 5) is 4.19. The van der Waals surface area contributed by atoms with Crippen LogP contribution in [-0.4, -0.2) is 51.3 Å². The summed E-state index contributed by atoms with van der Waals surface area (Å²) >= 11 is 0. The Morgan fingerprint density at radius 2 is 1.52 bits per heavy atom. The van der Waals surface area contributed by atoms with Crippen molar-refractivity contribution >= 4 is 5.69 Å². The Bertz CT molecular complexity index is 965. The third-order valence-electron chi connectivity index (χ3n) is 5.32. The number of para-hydroxylation sites is 1. The SMILES string of the molecule is CC(C)n1nnnc1[C@H](c1ccccc1F)N1CCN(c2ccccc2F)CC1. The summed E-state index contributed by atoms with van der Waals surface area (Å²) in [5, 5.41) is 12.2. The molecule has 0 saturated carbocycles. The van der Waals surface area contributed by atoms with Crippen LogP contribution in [0.3, 0.4) is 0 Å². The molecule has 6 nitrogen and oxygen atoms in total. The molecule has 3 aromatic rings. The minimum absolute atomic E-state index is 0.0500. The summed E-state index contributed by atoms with van der Waals surface area (Å²) in [6.45, 7) is 6.53. The van der Waals surface area contributed by atoms with Gasteiger partial charge in [-0.25, -0.2) is 13.5 Å². The van der Waals surface area contributed by atoms with Crippen molar-refractivity contribution < 1.29 is 8.78 Å². The highest BCUT2D eigenvalue weighted by atomic mass is 19.1. The van der Waals surface area contributed by atoms with E-state index >= 15 is 0 Å². The molecule has 1 saturated heterocycles. The van der Waals surface area contributed by atoms with Gasteiger partial charge in [0.05, 0.1) is 11.7 Å². The van der Waals surface area contributed by atoms with E-state index in [-0.39, 0.29) is 17.7 Å². The molecule has 0 N–H and O–H groups in total. The van der Waals surface area contributed by atoms with Crippen LogP contribution in [0.1, 0.15) is 37.3 Å². The summed E-state index contributed by atoms with van der Waals surface area (Å²) in [6, 6.07) is 13.2. The first kappa shape index (κ1) is 19.4. The second-order valence-corrected chi connectivity index (χ2v) is 7.47. The Kier molecular flexibility index (Phi) is 5.53. The second kappa shape index (κ2) is 8.24. The van der Waals surface area contributed by atoms with Crippen LogP contribution in [-0.2, 0) is 0 Å². The van der Waals surface area contributed by atoms with Crippen molar-refractivity contribution in [2.75, 3.05) is 31.1 Å². The Balaban J connectivity index is 1.64. The predicted octanol–water partition coefficient (Wildman–Crippen LogP) is 3.44. The normalized spacial score (nSPS) is 16.4. The molecule has 2 aromatic carbocycles. The number of benzene rings is 2. The zero-order valence-electron chi connectivity index (χ0n) is 16.5. The van der Waals surface area contributed by atoms with Gasteiger partial charge in [0.25, 0.3) is 0 Å². The van der Waals surface area contributed by atoms with Crippen molar-refractivity contribution in [1.29, 1.82) is 0 Å². The van der Waals surface area contributed by atoms with Gasteiger partial charge in [0, 0.05) is 31.7 Å². The average molecular weight is 398 g/mol. The standard InChI is InChI=1S/C21H24F2N6/c1-15(2)29-21(24-25-26-29)20(16-7-3-4-8-17(16)22)28-13-11-27(12-14-28)19-10-6-5-9-18(19)23/h3-10,15,20H,11-14H2,1-2H3/t20-/m0/s1. The van der Waals surface area contributed by atoms with E-state index in [0.29, 0.717) is 43.3 Å². The molecule has 1 aliphatic heterocycles. The fourth-order valence-electron chi connectivity index (χ4n) is 3.87. The van der Waals surface area contributed by atoms with Crippen molar-refractivity contribution in [2.24, 2.45) is 0 Å². The molecule has 0 spiro atoms. The van der Waals surface area contributed by atoms with E-state index < -0.39 is 6.04 Å². The van der Waals surface area contributed by atoms with Gasteiger partial charge in [-0.2, -0.15) is 0 Å². The van der Waals surface area contributed by atoms with Crippen molar-refractivity contribution in [3.8, 4) is 0 Å². The molecule has 0 aliphatic carbocycles. The molecule has 4 rings (SSSR count). The number of aromatic nitrogens is 4. The highest BCUT2D eigenvalue weighted by Gasteiger charge is 2.33. The lowest BCUT2D eigenvalue weighted by molar-refractivity contribution is 0.195. The highest BCUT2D eigenvalue weighted by molar-refractivity contribution is 5.48. The topological polar surface area (TPSA) is 50.1 Å². The van der Waals surface area contributed by atoms with Gasteiger partial charge in [-0.3, -0.25) is 4.90 Å². The smallest absolute Gasteiger partial charge is 0.173 e. The fourth-order valence-corrected chi connectivity index (χ4v) is 3.87. The first-order valence-corrected chi connectivity index (χ1v) is 9.82. The van der Waals surface area contributed by atoms with Crippen LogP contribution in [0.25, 0.3) is 0 Å². The second-order valence-electron chi connectivity index (χ2n) is 7.47. The van der Waals surface area contributed by atoms with Gasteiger partial charge >= 0.3 is 0 Å². The molecule has 0 amide bonds. The largest absolute Gasteiger partial charge is 0.367 e. The number of rotatable bonds is 5. The summed E-state index contributed by atoms with van der Waals surface area (Å²) in [6.07, 6.45) is 0. The minimum atomic E-state index is -0.406. The van der Waals surface area contributed by atoms with Gasteiger partial charge in [-0.05, 0) is 42.5 Å². The van der Waals surface area contributed by atoms with Crippen LogP contribution in [0.2, 0.25) is 0 Å². The summed E-state index contributed by atoms with van der Waals surface area (Å²) in [5.41, 5.74) is 1.14. The van der Waals surface area contributed by atoms with Gasteiger partial charge in [-0.15, -0.1) is 5.10 Å². The molecule has 0 unspecified atom stereocenters. The molecule has 1 aliphatic rings. The molecule has 1 aromatic heterocycles. The first-order valence-electron chi connectivity index (χ1n) is 9.82. The molecular weight excluding hydrogens is 374 g/mol. The van der Waals surface area contributed by atoms with Crippen molar-refractivity contribution in [2.45, 2.75) is 25.9 Å². The maximum absolute atomic E-state index is 14.7. The Morgan fingerprint density at radius 1 is 0.862 bits per heavy atom. The lowest BCUT2D eigenvalue weighted by Crippen LogP contribution is -2.48. The molecule has 0 bridgehead atoms. The van der Waals surface area contributed by atoms with Gasteiger partial charge in [-0.1, -0.05) is 30.3 Å². The zero-order chi connectivity index (χ0) is 20.4. The third kappa shape index (κ3) is 3.85. The lowest BCUT2D eigenvalue weighted by Gasteiger charge is -2.40. The Hall–Kier alpha value is -2.87. The molecule has 1 fully saturated rings. The van der Waals surface area contributed by atoms with E-state index in [1.165, 1.54) is 12.1 Å². The van der Waals surface area contributed by atoms with Crippen LogP contribution in [0, 0.1) is 11.6 Å². The van der Waals surface area contributed by atoms with Gasteiger partial charge in [0.15, 0.2) is 5.82 Å². The first-order chi connectivity index (χ1) is 14.1. The number of hydrogen-bond acceptors (Lipinski definition) is 5.